The zero-order valence-corrected chi connectivity index (χ0v) is 17.7. The van der Waals surface area contributed by atoms with Crippen LogP contribution in [0.4, 0.5) is 4.39 Å². The highest BCUT2D eigenvalue weighted by atomic mass is 19.1. The topological polar surface area (TPSA) is 56.6 Å². The van der Waals surface area contributed by atoms with Crippen LogP contribution in [0.2, 0.25) is 0 Å². The van der Waals surface area contributed by atoms with Crippen LogP contribution in [0, 0.1) is 5.82 Å². The van der Waals surface area contributed by atoms with Crippen molar-refractivity contribution in [2.24, 2.45) is 0 Å². The van der Waals surface area contributed by atoms with Gasteiger partial charge in [-0.2, -0.15) is 5.10 Å². The fourth-order valence-electron chi connectivity index (χ4n) is 5.16. The number of carbonyl (C=O) groups excluding carboxylic acids is 1. The Balaban J connectivity index is 1.34. The molecule has 1 aliphatic carbocycles. The standard InChI is InChI=1S/C25H24FN3O3/c26-17-7-9-18(10-8-17)29-21-4-1-3-19(21)24(27-29)25(30)28-12-2-5-20(28)16-6-11-22-23(15-16)32-14-13-31-22/h6-11,15,20H,1-5,12-14H2. The molecule has 2 aromatic carbocycles. The molecule has 6 nitrogen and oxygen atoms in total. The lowest BCUT2D eigenvalue weighted by Gasteiger charge is -2.26. The van der Waals surface area contributed by atoms with Gasteiger partial charge in [-0.3, -0.25) is 4.79 Å². The van der Waals surface area contributed by atoms with Gasteiger partial charge in [0.15, 0.2) is 17.2 Å². The number of nitrogens with zero attached hydrogens (tertiary/aromatic N) is 3. The van der Waals surface area contributed by atoms with E-state index in [1.54, 1.807) is 12.1 Å². The molecule has 0 saturated carbocycles. The van der Waals surface area contributed by atoms with Gasteiger partial charge in [-0.05, 0) is 74.1 Å². The van der Waals surface area contributed by atoms with Crippen LogP contribution in [0.15, 0.2) is 42.5 Å². The van der Waals surface area contributed by atoms with E-state index >= 15 is 0 Å². The first-order valence-electron chi connectivity index (χ1n) is 11.3. The average molecular weight is 433 g/mol. The van der Waals surface area contributed by atoms with Crippen LogP contribution in [0.1, 0.15) is 52.6 Å². The van der Waals surface area contributed by atoms with Gasteiger partial charge in [0, 0.05) is 17.8 Å². The SMILES string of the molecule is O=C(c1nn(-c2ccc(F)cc2)c2c1CCC2)N1CCCC1c1ccc2c(c1)OCCO2. The minimum Gasteiger partial charge on any atom is -0.486 e. The third kappa shape index (κ3) is 3.15. The first-order valence-corrected chi connectivity index (χ1v) is 11.3. The maximum absolute atomic E-state index is 13.7. The quantitative estimate of drug-likeness (QED) is 0.620. The number of halogens is 1. The van der Waals surface area contributed by atoms with Gasteiger partial charge < -0.3 is 14.4 Å². The van der Waals surface area contributed by atoms with Crippen LogP contribution in [0.5, 0.6) is 11.5 Å². The second-order valence-electron chi connectivity index (χ2n) is 8.58. The summed E-state index contributed by atoms with van der Waals surface area (Å²) in [7, 11) is 0. The molecule has 1 fully saturated rings. The second kappa shape index (κ2) is 7.65. The van der Waals surface area contributed by atoms with Crippen LogP contribution in [0.3, 0.4) is 0 Å². The van der Waals surface area contributed by atoms with Crippen molar-refractivity contribution in [2.45, 2.75) is 38.1 Å². The van der Waals surface area contributed by atoms with E-state index in [-0.39, 0.29) is 17.8 Å². The highest BCUT2D eigenvalue weighted by molar-refractivity contribution is 5.95. The molecule has 6 rings (SSSR count). The van der Waals surface area contributed by atoms with E-state index < -0.39 is 0 Å². The number of fused-ring (bicyclic) bond motifs is 2. The Morgan fingerprint density at radius 3 is 2.66 bits per heavy atom. The Kier molecular flexibility index (Phi) is 4.63. The maximum atomic E-state index is 13.7. The summed E-state index contributed by atoms with van der Waals surface area (Å²) in [6.45, 7) is 1.80. The van der Waals surface area contributed by atoms with Gasteiger partial charge in [0.1, 0.15) is 19.0 Å². The van der Waals surface area contributed by atoms with E-state index in [0.29, 0.717) is 25.5 Å². The van der Waals surface area contributed by atoms with Gasteiger partial charge >= 0.3 is 0 Å². The van der Waals surface area contributed by atoms with Gasteiger partial charge in [-0.15, -0.1) is 0 Å². The summed E-state index contributed by atoms with van der Waals surface area (Å²) in [5, 5.41) is 4.73. The Morgan fingerprint density at radius 1 is 1.00 bits per heavy atom. The van der Waals surface area contributed by atoms with Gasteiger partial charge in [0.05, 0.1) is 11.7 Å². The molecule has 1 aromatic heterocycles. The number of benzene rings is 2. The first-order chi connectivity index (χ1) is 15.7. The highest BCUT2D eigenvalue weighted by Crippen LogP contribution is 2.39. The van der Waals surface area contributed by atoms with Crippen molar-refractivity contribution in [2.75, 3.05) is 19.8 Å². The summed E-state index contributed by atoms with van der Waals surface area (Å²) in [5.41, 5.74) is 4.48. The van der Waals surface area contributed by atoms with E-state index in [4.69, 9.17) is 14.6 Å². The van der Waals surface area contributed by atoms with Crippen LogP contribution < -0.4 is 9.47 Å². The second-order valence-corrected chi connectivity index (χ2v) is 8.58. The average Bonchev–Trinajstić information content (AvgIpc) is 3.56. The maximum Gasteiger partial charge on any atom is 0.275 e. The zero-order chi connectivity index (χ0) is 21.7. The number of amides is 1. The zero-order valence-electron chi connectivity index (χ0n) is 17.7. The third-order valence-electron chi connectivity index (χ3n) is 6.67. The molecule has 1 saturated heterocycles. The minimum atomic E-state index is -0.284. The van der Waals surface area contributed by atoms with E-state index in [9.17, 15) is 9.18 Å². The summed E-state index contributed by atoms with van der Waals surface area (Å²) in [4.78, 5) is 15.7. The molecule has 3 aliphatic rings. The molecule has 2 aliphatic heterocycles. The Morgan fingerprint density at radius 2 is 1.81 bits per heavy atom. The molecule has 0 radical (unpaired) electrons. The molecular formula is C25H24FN3O3. The summed E-state index contributed by atoms with van der Waals surface area (Å²) in [6, 6.07) is 12.2. The van der Waals surface area contributed by atoms with Crippen molar-refractivity contribution in [3.8, 4) is 17.2 Å². The van der Waals surface area contributed by atoms with E-state index in [2.05, 4.69) is 0 Å². The smallest absolute Gasteiger partial charge is 0.275 e. The number of carbonyl (C=O) groups is 1. The molecule has 1 unspecified atom stereocenters. The molecule has 164 valence electrons. The third-order valence-corrected chi connectivity index (χ3v) is 6.67. The lowest BCUT2D eigenvalue weighted by atomic mass is 10.0. The molecule has 0 bridgehead atoms. The number of ether oxygens (including phenoxy) is 2. The fourth-order valence-corrected chi connectivity index (χ4v) is 5.16. The Bertz CT molecular complexity index is 1190. The molecule has 32 heavy (non-hydrogen) atoms. The monoisotopic (exact) mass is 433 g/mol. The number of hydrogen-bond donors (Lipinski definition) is 0. The van der Waals surface area contributed by atoms with Crippen molar-refractivity contribution in [3.05, 3.63) is 70.8 Å². The van der Waals surface area contributed by atoms with Crippen molar-refractivity contribution < 1.29 is 18.7 Å². The van der Waals surface area contributed by atoms with E-state index in [0.717, 1.165) is 66.1 Å². The summed E-state index contributed by atoms with van der Waals surface area (Å²) < 4.78 is 26.6. The van der Waals surface area contributed by atoms with Crippen molar-refractivity contribution >= 4 is 5.91 Å². The molecule has 1 atom stereocenters. The van der Waals surface area contributed by atoms with Gasteiger partial charge in [0.25, 0.3) is 5.91 Å². The van der Waals surface area contributed by atoms with Gasteiger partial charge in [0.2, 0.25) is 0 Å². The first kappa shape index (κ1) is 19.3. The molecule has 3 heterocycles. The molecule has 7 heteroatoms. The predicted octanol–water partition coefficient (Wildman–Crippen LogP) is 4.25. The molecule has 0 spiro atoms. The summed E-state index contributed by atoms with van der Waals surface area (Å²) >= 11 is 0. The van der Waals surface area contributed by atoms with Crippen LogP contribution in [-0.2, 0) is 12.8 Å². The van der Waals surface area contributed by atoms with Crippen LogP contribution in [-0.4, -0.2) is 40.3 Å². The fraction of sp³-hybridized carbons (Fsp3) is 0.360. The van der Waals surface area contributed by atoms with E-state index in [1.807, 2.05) is 27.8 Å². The van der Waals surface area contributed by atoms with Crippen molar-refractivity contribution in [1.82, 2.24) is 14.7 Å². The van der Waals surface area contributed by atoms with Crippen LogP contribution in [0.25, 0.3) is 5.69 Å². The lowest BCUT2D eigenvalue weighted by molar-refractivity contribution is 0.0727. The number of likely N-dealkylation sites (tertiary alicyclic amines) is 1. The van der Waals surface area contributed by atoms with Crippen molar-refractivity contribution in [1.29, 1.82) is 0 Å². The highest BCUT2D eigenvalue weighted by Gasteiger charge is 2.36. The van der Waals surface area contributed by atoms with Gasteiger partial charge in [-0.25, -0.2) is 9.07 Å². The number of aromatic nitrogens is 2. The lowest BCUT2D eigenvalue weighted by Crippen LogP contribution is -2.31. The molecule has 3 aromatic rings. The molecule has 1 amide bonds. The Labute approximate surface area is 185 Å². The predicted molar refractivity (Wildman–Crippen MR) is 116 cm³/mol. The largest absolute Gasteiger partial charge is 0.486 e. The number of rotatable bonds is 3. The van der Waals surface area contributed by atoms with E-state index in [1.165, 1.54) is 12.1 Å². The summed E-state index contributed by atoms with van der Waals surface area (Å²) in [6.07, 6.45) is 4.58. The molecule has 0 N–H and O–H groups in total. The minimum absolute atomic E-state index is 0.00801. The normalized spacial score (nSPS) is 19.3. The Hall–Kier alpha value is -3.35. The van der Waals surface area contributed by atoms with Gasteiger partial charge in [-0.1, -0.05) is 6.07 Å². The number of hydrogen-bond acceptors (Lipinski definition) is 4. The van der Waals surface area contributed by atoms with Crippen LogP contribution >= 0.6 is 0 Å². The molecular weight excluding hydrogens is 409 g/mol. The summed E-state index contributed by atoms with van der Waals surface area (Å²) in [5.74, 6) is 1.19. The van der Waals surface area contributed by atoms with Crippen molar-refractivity contribution in [3.63, 3.8) is 0 Å².